The largest absolute Gasteiger partial charge is 0.342 e. The lowest BCUT2D eigenvalue weighted by Gasteiger charge is -2.23. The van der Waals surface area contributed by atoms with Crippen LogP contribution in [0.15, 0.2) is 10.9 Å². The second-order valence-corrected chi connectivity index (χ2v) is 7.49. The first-order chi connectivity index (χ1) is 8.48. The molecule has 0 aliphatic carbocycles. The zero-order valence-corrected chi connectivity index (χ0v) is 11.8. The summed E-state index contributed by atoms with van der Waals surface area (Å²) in [5.74, 6) is 0.290. The SMILES string of the molecule is CN(C(=O)CCc1cscn1)C1CCS(=O)(=O)C1. The quantitative estimate of drug-likeness (QED) is 0.819. The van der Waals surface area contributed by atoms with E-state index in [2.05, 4.69) is 4.98 Å². The lowest BCUT2D eigenvalue weighted by molar-refractivity contribution is -0.131. The van der Waals surface area contributed by atoms with Gasteiger partial charge in [0, 0.05) is 24.9 Å². The summed E-state index contributed by atoms with van der Waals surface area (Å²) in [4.78, 5) is 17.6. The number of amides is 1. The average molecular weight is 288 g/mol. The molecule has 100 valence electrons. The molecule has 0 radical (unpaired) electrons. The second kappa shape index (κ2) is 5.36. The van der Waals surface area contributed by atoms with E-state index in [1.165, 1.54) is 11.3 Å². The highest BCUT2D eigenvalue weighted by molar-refractivity contribution is 7.91. The molecular weight excluding hydrogens is 272 g/mol. The Morgan fingerprint density at radius 2 is 2.39 bits per heavy atom. The summed E-state index contributed by atoms with van der Waals surface area (Å²) in [6, 6.07) is -0.155. The van der Waals surface area contributed by atoms with Crippen molar-refractivity contribution in [3.8, 4) is 0 Å². The van der Waals surface area contributed by atoms with Crippen LogP contribution in [-0.2, 0) is 21.1 Å². The highest BCUT2D eigenvalue weighted by Crippen LogP contribution is 2.17. The molecule has 1 aromatic rings. The number of carbonyl (C=O) groups excluding carboxylic acids is 1. The Kier molecular flexibility index (Phi) is 4.01. The van der Waals surface area contributed by atoms with Gasteiger partial charge in [-0.1, -0.05) is 0 Å². The van der Waals surface area contributed by atoms with Gasteiger partial charge in [-0.25, -0.2) is 13.4 Å². The van der Waals surface area contributed by atoms with Gasteiger partial charge in [-0.05, 0) is 12.8 Å². The summed E-state index contributed by atoms with van der Waals surface area (Å²) in [6.07, 6.45) is 1.56. The van der Waals surface area contributed by atoms with Crippen LogP contribution in [0.25, 0.3) is 0 Å². The van der Waals surface area contributed by atoms with Gasteiger partial charge in [-0.2, -0.15) is 0 Å². The first-order valence-electron chi connectivity index (χ1n) is 5.81. The standard InChI is InChI=1S/C11H16N2O3S2/c1-13(10-4-5-18(15,16)7-10)11(14)3-2-9-6-17-8-12-9/h6,8,10H,2-5,7H2,1H3. The zero-order chi connectivity index (χ0) is 13.2. The first kappa shape index (κ1) is 13.5. The number of carbonyl (C=O) groups is 1. The van der Waals surface area contributed by atoms with Gasteiger partial charge >= 0.3 is 0 Å². The minimum atomic E-state index is -2.94. The highest BCUT2D eigenvalue weighted by Gasteiger charge is 2.32. The average Bonchev–Trinajstić information content (AvgIpc) is 2.94. The molecule has 0 saturated carbocycles. The van der Waals surface area contributed by atoms with E-state index < -0.39 is 9.84 Å². The minimum Gasteiger partial charge on any atom is -0.342 e. The van der Waals surface area contributed by atoms with E-state index in [1.807, 2.05) is 5.38 Å². The molecule has 1 unspecified atom stereocenters. The molecule has 1 saturated heterocycles. The summed E-state index contributed by atoms with van der Waals surface area (Å²) in [5.41, 5.74) is 2.66. The molecule has 18 heavy (non-hydrogen) atoms. The van der Waals surface area contributed by atoms with Crippen LogP contribution < -0.4 is 0 Å². The first-order valence-corrected chi connectivity index (χ1v) is 8.57. The summed E-state index contributed by atoms with van der Waals surface area (Å²) in [6.45, 7) is 0. The van der Waals surface area contributed by atoms with Crippen molar-refractivity contribution in [2.45, 2.75) is 25.3 Å². The van der Waals surface area contributed by atoms with Crippen LogP contribution >= 0.6 is 11.3 Å². The molecule has 2 heterocycles. The van der Waals surface area contributed by atoms with Crippen LogP contribution in [0.1, 0.15) is 18.5 Å². The van der Waals surface area contributed by atoms with Crippen LogP contribution in [0.4, 0.5) is 0 Å². The van der Waals surface area contributed by atoms with Crippen molar-refractivity contribution in [3.05, 3.63) is 16.6 Å². The van der Waals surface area contributed by atoms with Crippen LogP contribution in [0.3, 0.4) is 0 Å². The molecule has 5 nitrogen and oxygen atoms in total. The van der Waals surface area contributed by atoms with Gasteiger partial charge in [0.1, 0.15) is 0 Å². The van der Waals surface area contributed by atoms with Gasteiger partial charge in [0.25, 0.3) is 0 Å². The van der Waals surface area contributed by atoms with E-state index in [0.29, 0.717) is 19.3 Å². The Morgan fingerprint density at radius 3 is 2.94 bits per heavy atom. The third kappa shape index (κ3) is 3.29. The number of aryl methyl sites for hydroxylation is 1. The fraction of sp³-hybridized carbons (Fsp3) is 0.636. The van der Waals surface area contributed by atoms with Gasteiger partial charge in [0.05, 0.1) is 22.7 Å². The van der Waals surface area contributed by atoms with E-state index in [-0.39, 0.29) is 23.5 Å². The number of nitrogens with zero attached hydrogens (tertiary/aromatic N) is 2. The molecule has 1 fully saturated rings. The number of thiazole rings is 1. The normalized spacial score (nSPS) is 21.9. The van der Waals surface area contributed by atoms with Crippen LogP contribution in [0.5, 0.6) is 0 Å². The second-order valence-electron chi connectivity index (χ2n) is 4.54. The third-order valence-electron chi connectivity index (χ3n) is 3.23. The fourth-order valence-electron chi connectivity index (χ4n) is 2.06. The number of rotatable bonds is 4. The molecule has 1 aliphatic rings. The van der Waals surface area contributed by atoms with Crippen LogP contribution in [0, 0.1) is 0 Å². The van der Waals surface area contributed by atoms with Gasteiger partial charge in [-0.3, -0.25) is 4.79 Å². The predicted octanol–water partition coefficient (Wildman–Crippen LogP) is 0.721. The molecule has 1 aliphatic heterocycles. The van der Waals surface area contributed by atoms with E-state index in [1.54, 1.807) is 17.5 Å². The Morgan fingerprint density at radius 1 is 1.61 bits per heavy atom. The molecule has 1 amide bonds. The predicted molar refractivity (Wildman–Crippen MR) is 70.3 cm³/mol. The van der Waals surface area contributed by atoms with E-state index in [0.717, 1.165) is 5.69 Å². The molecule has 1 aromatic heterocycles. The van der Waals surface area contributed by atoms with Gasteiger partial charge in [-0.15, -0.1) is 11.3 Å². The molecule has 7 heteroatoms. The molecule has 1 atom stereocenters. The van der Waals surface area contributed by atoms with Gasteiger partial charge in [0.15, 0.2) is 9.84 Å². The maximum atomic E-state index is 11.9. The number of sulfone groups is 1. The minimum absolute atomic E-state index is 0.00917. The van der Waals surface area contributed by atoms with Crippen molar-refractivity contribution >= 4 is 27.1 Å². The Balaban J connectivity index is 1.85. The molecule has 0 N–H and O–H groups in total. The number of hydrogen-bond donors (Lipinski definition) is 0. The molecule has 0 spiro atoms. The lowest BCUT2D eigenvalue weighted by atomic mass is 10.2. The van der Waals surface area contributed by atoms with Gasteiger partial charge in [0.2, 0.25) is 5.91 Å². The Bertz CT molecular complexity index is 510. The van der Waals surface area contributed by atoms with E-state index in [4.69, 9.17) is 0 Å². The van der Waals surface area contributed by atoms with Gasteiger partial charge < -0.3 is 4.90 Å². The monoisotopic (exact) mass is 288 g/mol. The lowest BCUT2D eigenvalue weighted by Crippen LogP contribution is -2.37. The van der Waals surface area contributed by atoms with Crippen molar-refractivity contribution in [1.29, 1.82) is 0 Å². The van der Waals surface area contributed by atoms with E-state index in [9.17, 15) is 13.2 Å². The number of hydrogen-bond acceptors (Lipinski definition) is 5. The van der Waals surface area contributed by atoms with Crippen molar-refractivity contribution in [2.24, 2.45) is 0 Å². The Labute approximate surface area is 111 Å². The summed E-state index contributed by atoms with van der Waals surface area (Å²) < 4.78 is 22.7. The van der Waals surface area contributed by atoms with Crippen LogP contribution in [-0.4, -0.2) is 48.8 Å². The summed E-state index contributed by atoms with van der Waals surface area (Å²) in [5, 5.41) is 1.92. The maximum absolute atomic E-state index is 11.9. The molecule has 0 bridgehead atoms. The van der Waals surface area contributed by atoms with Crippen LogP contribution in [0.2, 0.25) is 0 Å². The topological polar surface area (TPSA) is 67.3 Å². The van der Waals surface area contributed by atoms with Crippen molar-refractivity contribution in [1.82, 2.24) is 9.88 Å². The molecule has 2 rings (SSSR count). The maximum Gasteiger partial charge on any atom is 0.222 e. The summed E-state index contributed by atoms with van der Waals surface area (Å²) >= 11 is 1.51. The van der Waals surface area contributed by atoms with Crippen molar-refractivity contribution in [2.75, 3.05) is 18.6 Å². The molecular formula is C11H16N2O3S2. The smallest absolute Gasteiger partial charge is 0.222 e. The van der Waals surface area contributed by atoms with Crippen molar-refractivity contribution in [3.63, 3.8) is 0 Å². The third-order valence-corrected chi connectivity index (χ3v) is 5.61. The van der Waals surface area contributed by atoms with Crippen molar-refractivity contribution < 1.29 is 13.2 Å². The molecule has 0 aromatic carbocycles. The number of aromatic nitrogens is 1. The zero-order valence-electron chi connectivity index (χ0n) is 10.2. The highest BCUT2D eigenvalue weighted by atomic mass is 32.2. The van der Waals surface area contributed by atoms with E-state index >= 15 is 0 Å². The Hall–Kier alpha value is -0.950. The summed E-state index contributed by atoms with van der Waals surface area (Å²) in [7, 11) is -1.25. The fourth-order valence-corrected chi connectivity index (χ4v) is 4.42.